The molecule has 4 saturated carbocycles. The van der Waals surface area contributed by atoms with E-state index < -0.39 is 0 Å². The molecule has 4 fully saturated rings. The lowest BCUT2D eigenvalue weighted by atomic mass is 9.45. The summed E-state index contributed by atoms with van der Waals surface area (Å²) in [4.78, 5) is 13.6. The number of hydrogen-bond donors (Lipinski definition) is 1. The smallest absolute Gasteiger partial charge is 0.165 e. The van der Waals surface area contributed by atoms with E-state index in [0.29, 0.717) is 29.0 Å². The molecule has 0 spiro atoms. The second-order valence-corrected chi connectivity index (χ2v) is 11.5. The Morgan fingerprint density at radius 3 is 2.57 bits per heavy atom. The van der Waals surface area contributed by atoms with Gasteiger partial charge >= 0.3 is 0 Å². The molecule has 1 heterocycles. The Morgan fingerprint density at radius 1 is 1.10 bits per heavy atom. The largest absolute Gasteiger partial charge is 0.393 e. The summed E-state index contributed by atoms with van der Waals surface area (Å²) >= 11 is 0. The molecule has 7 atom stereocenters. The summed E-state index contributed by atoms with van der Waals surface area (Å²) in [6.07, 6.45) is 10.8. The molecule has 5 rings (SSSR count). The van der Waals surface area contributed by atoms with E-state index in [1.54, 1.807) is 0 Å². The van der Waals surface area contributed by atoms with Gasteiger partial charge in [-0.3, -0.25) is 9.48 Å². The summed E-state index contributed by atoms with van der Waals surface area (Å²) in [6, 6.07) is 0. The van der Waals surface area contributed by atoms with Crippen LogP contribution in [0.15, 0.2) is 5.57 Å². The minimum absolute atomic E-state index is 0.0953. The second-order valence-electron chi connectivity index (χ2n) is 11.5. The van der Waals surface area contributed by atoms with E-state index >= 15 is 0 Å². The molecular formula is C26H38N2O2. The Labute approximate surface area is 181 Å². The lowest BCUT2D eigenvalue weighted by molar-refractivity contribution is -0.141. The lowest BCUT2D eigenvalue weighted by Gasteiger charge is -2.59. The van der Waals surface area contributed by atoms with Gasteiger partial charge in [0.15, 0.2) is 5.78 Å². The zero-order chi connectivity index (χ0) is 21.4. The topological polar surface area (TPSA) is 55.1 Å². The van der Waals surface area contributed by atoms with Crippen molar-refractivity contribution in [1.82, 2.24) is 9.78 Å². The van der Waals surface area contributed by atoms with E-state index in [4.69, 9.17) is 0 Å². The highest BCUT2D eigenvalue weighted by atomic mass is 16.3. The van der Waals surface area contributed by atoms with Crippen molar-refractivity contribution >= 4 is 11.9 Å². The normalized spacial score (nSPS) is 44.7. The number of carbonyl (C=O) groups excluding carboxylic acids is 1. The first-order chi connectivity index (χ1) is 14.1. The number of carbonyl (C=O) groups is 1. The Morgan fingerprint density at radius 2 is 1.87 bits per heavy atom. The molecule has 1 aromatic rings. The van der Waals surface area contributed by atoms with Crippen LogP contribution in [0.3, 0.4) is 0 Å². The third-order valence-corrected chi connectivity index (χ3v) is 10.2. The maximum atomic E-state index is 13.6. The molecule has 0 saturated heterocycles. The number of nitrogens with zero attached hydrogens (tertiary/aromatic N) is 2. The van der Waals surface area contributed by atoms with Crippen LogP contribution >= 0.6 is 0 Å². The molecule has 0 bridgehead atoms. The van der Waals surface area contributed by atoms with Crippen molar-refractivity contribution in [2.24, 2.45) is 41.5 Å². The molecular weight excluding hydrogens is 372 g/mol. The average molecular weight is 411 g/mol. The molecule has 0 radical (unpaired) electrons. The van der Waals surface area contributed by atoms with Gasteiger partial charge in [0.05, 0.1) is 11.8 Å². The highest BCUT2D eigenvalue weighted by molar-refractivity contribution is 6.06. The summed E-state index contributed by atoms with van der Waals surface area (Å²) in [5, 5.41) is 14.8. The Bertz CT molecular complexity index is 914. The van der Waals surface area contributed by atoms with Gasteiger partial charge in [0.25, 0.3) is 0 Å². The van der Waals surface area contributed by atoms with Crippen LogP contribution in [0.4, 0.5) is 0 Å². The Kier molecular flexibility index (Phi) is 4.63. The highest BCUT2D eigenvalue weighted by Gasteiger charge is 2.61. The van der Waals surface area contributed by atoms with Crippen LogP contribution in [0.2, 0.25) is 0 Å². The standard InChI is InChI=1S/C26H38N2O2/c1-15-21(16(2)28(5)27-15)12-17-13-23-20-7-6-18-14-19(29)8-10-25(18,3)22(20)9-11-26(23,4)24(17)30/h12,18-20,22-23,29H,6-11,13-14H2,1-5H3/b17-12-/t18-,19-,20-,22+,23+,25-,26+/m0/s1. The second kappa shape index (κ2) is 6.79. The monoisotopic (exact) mass is 410 g/mol. The summed E-state index contributed by atoms with van der Waals surface area (Å²) in [5.74, 6) is 2.93. The molecule has 1 N–H and O–H groups in total. The number of allylic oxidation sites excluding steroid dienone is 1. The van der Waals surface area contributed by atoms with Gasteiger partial charge in [0.1, 0.15) is 0 Å². The number of rotatable bonds is 1. The van der Waals surface area contributed by atoms with Gasteiger partial charge < -0.3 is 5.11 Å². The summed E-state index contributed by atoms with van der Waals surface area (Å²) < 4.78 is 1.92. The molecule has 164 valence electrons. The minimum Gasteiger partial charge on any atom is -0.393 e. The van der Waals surface area contributed by atoms with Gasteiger partial charge in [-0.25, -0.2) is 0 Å². The quantitative estimate of drug-likeness (QED) is 0.663. The first-order valence-electron chi connectivity index (χ1n) is 12.1. The van der Waals surface area contributed by atoms with Crippen molar-refractivity contribution in [1.29, 1.82) is 0 Å². The number of ketones is 1. The van der Waals surface area contributed by atoms with Crippen molar-refractivity contribution in [2.75, 3.05) is 0 Å². The molecule has 4 heteroatoms. The third-order valence-electron chi connectivity index (χ3n) is 10.2. The SMILES string of the molecule is Cc1nn(C)c(C)c1/C=C1/C[C@@H]2[C@H]3CC[C@H]4C[C@@H](O)CC[C@]4(C)[C@@H]3CC[C@@]2(C)C1=O. The van der Waals surface area contributed by atoms with Gasteiger partial charge in [-0.1, -0.05) is 13.8 Å². The fourth-order valence-electron chi connectivity index (χ4n) is 8.21. The van der Waals surface area contributed by atoms with E-state index in [2.05, 4.69) is 31.9 Å². The van der Waals surface area contributed by atoms with Crippen LogP contribution in [0.5, 0.6) is 0 Å². The number of fused-ring (bicyclic) bond motifs is 5. The third kappa shape index (κ3) is 2.75. The molecule has 0 amide bonds. The van der Waals surface area contributed by atoms with E-state index in [-0.39, 0.29) is 11.5 Å². The van der Waals surface area contributed by atoms with Crippen molar-refractivity contribution < 1.29 is 9.90 Å². The predicted molar refractivity (Wildman–Crippen MR) is 119 cm³/mol. The first-order valence-corrected chi connectivity index (χ1v) is 12.1. The van der Waals surface area contributed by atoms with Crippen LogP contribution < -0.4 is 0 Å². The Balaban J connectivity index is 1.47. The number of aryl methyl sites for hydroxylation is 2. The maximum Gasteiger partial charge on any atom is 0.165 e. The van der Waals surface area contributed by atoms with Crippen LogP contribution in [-0.4, -0.2) is 26.8 Å². The zero-order valence-electron chi connectivity index (χ0n) is 19.4. The van der Waals surface area contributed by atoms with Crippen LogP contribution in [-0.2, 0) is 11.8 Å². The first kappa shape index (κ1) is 20.5. The zero-order valence-corrected chi connectivity index (χ0v) is 19.4. The number of Topliss-reactive ketones (excluding diaryl/α,β-unsaturated/α-hetero) is 1. The minimum atomic E-state index is -0.186. The fourth-order valence-corrected chi connectivity index (χ4v) is 8.21. The van der Waals surface area contributed by atoms with Gasteiger partial charge in [0.2, 0.25) is 0 Å². The highest BCUT2D eigenvalue weighted by Crippen LogP contribution is 2.66. The van der Waals surface area contributed by atoms with E-state index in [1.807, 2.05) is 18.7 Å². The molecule has 30 heavy (non-hydrogen) atoms. The van der Waals surface area contributed by atoms with Crippen molar-refractivity contribution in [3.63, 3.8) is 0 Å². The Hall–Kier alpha value is -1.42. The van der Waals surface area contributed by atoms with Crippen molar-refractivity contribution in [3.05, 3.63) is 22.5 Å². The van der Waals surface area contributed by atoms with E-state index in [9.17, 15) is 9.90 Å². The van der Waals surface area contributed by atoms with Crippen LogP contribution in [0, 0.1) is 48.3 Å². The summed E-state index contributed by atoms with van der Waals surface area (Å²) in [7, 11) is 1.98. The predicted octanol–water partition coefficient (Wildman–Crippen LogP) is 5.00. The molecule has 0 aromatic carbocycles. The maximum absolute atomic E-state index is 13.6. The molecule has 4 aliphatic carbocycles. The van der Waals surface area contributed by atoms with Gasteiger partial charge in [-0.05, 0) is 106 Å². The van der Waals surface area contributed by atoms with Crippen LogP contribution in [0.25, 0.3) is 6.08 Å². The number of aliphatic hydroxyl groups is 1. The molecule has 1 aromatic heterocycles. The average Bonchev–Trinajstić information content (AvgIpc) is 3.10. The van der Waals surface area contributed by atoms with Gasteiger partial charge in [-0.2, -0.15) is 5.10 Å². The number of aromatic nitrogens is 2. The van der Waals surface area contributed by atoms with Crippen molar-refractivity contribution in [3.8, 4) is 0 Å². The lowest BCUT2D eigenvalue weighted by Crippen LogP contribution is -2.54. The van der Waals surface area contributed by atoms with Crippen LogP contribution in [0.1, 0.15) is 82.2 Å². The van der Waals surface area contributed by atoms with E-state index in [1.165, 1.54) is 19.3 Å². The van der Waals surface area contributed by atoms with Gasteiger partial charge in [-0.15, -0.1) is 0 Å². The number of hydrogen-bond acceptors (Lipinski definition) is 3. The van der Waals surface area contributed by atoms with E-state index in [0.717, 1.165) is 60.5 Å². The molecule has 0 aliphatic heterocycles. The molecule has 4 nitrogen and oxygen atoms in total. The summed E-state index contributed by atoms with van der Waals surface area (Å²) in [5.41, 5.74) is 4.50. The summed E-state index contributed by atoms with van der Waals surface area (Å²) in [6.45, 7) is 8.91. The molecule has 0 unspecified atom stereocenters. The fraction of sp³-hybridized carbons (Fsp3) is 0.769. The number of aliphatic hydroxyl groups excluding tert-OH is 1. The molecule has 4 aliphatic rings. The van der Waals surface area contributed by atoms with Crippen molar-refractivity contribution in [2.45, 2.75) is 85.2 Å². The van der Waals surface area contributed by atoms with Gasteiger partial charge in [0, 0.05) is 23.7 Å².